The third kappa shape index (κ3) is 1.72. The number of aromatic nitrogens is 3. The molecular formula is C9H11N5. The van der Waals surface area contributed by atoms with E-state index in [4.69, 9.17) is 5.84 Å². The van der Waals surface area contributed by atoms with Crippen molar-refractivity contribution in [2.24, 2.45) is 5.84 Å². The molecule has 2 heterocycles. The minimum absolute atomic E-state index is 0.696. The minimum Gasteiger partial charge on any atom is -0.333 e. The first-order chi connectivity index (χ1) is 6.90. The molecule has 0 fully saturated rings. The third-order valence-corrected chi connectivity index (χ3v) is 1.94. The molecule has 0 saturated carbocycles. The first-order valence-corrected chi connectivity index (χ1v) is 4.26. The van der Waals surface area contributed by atoms with Crippen LogP contribution in [0.4, 0.5) is 5.82 Å². The molecule has 0 unspecified atom stereocenters. The van der Waals surface area contributed by atoms with E-state index < -0.39 is 0 Å². The quantitative estimate of drug-likeness (QED) is 0.548. The molecule has 5 nitrogen and oxygen atoms in total. The molecule has 2 aromatic heterocycles. The number of hydrogen-bond acceptors (Lipinski definition) is 4. The third-order valence-electron chi connectivity index (χ3n) is 1.94. The van der Waals surface area contributed by atoms with Crippen molar-refractivity contribution in [3.05, 3.63) is 42.6 Å². The Kier molecular flexibility index (Phi) is 2.42. The van der Waals surface area contributed by atoms with Gasteiger partial charge in [-0.1, -0.05) is 6.07 Å². The van der Waals surface area contributed by atoms with Crippen molar-refractivity contribution in [1.29, 1.82) is 0 Å². The molecule has 0 aliphatic rings. The number of hydrazine groups is 1. The lowest BCUT2D eigenvalue weighted by atomic mass is 10.2. The molecule has 3 N–H and O–H groups in total. The van der Waals surface area contributed by atoms with Gasteiger partial charge in [0.15, 0.2) is 0 Å². The predicted octanol–water partition coefficient (Wildman–Crippen LogP) is 0.612. The number of imidazole rings is 1. The van der Waals surface area contributed by atoms with Gasteiger partial charge in [0.25, 0.3) is 0 Å². The first-order valence-electron chi connectivity index (χ1n) is 4.26. The van der Waals surface area contributed by atoms with Gasteiger partial charge in [0.2, 0.25) is 0 Å². The van der Waals surface area contributed by atoms with Crippen LogP contribution in [0.5, 0.6) is 0 Å². The maximum absolute atomic E-state index is 5.34. The monoisotopic (exact) mass is 189 g/mol. The Morgan fingerprint density at radius 1 is 1.43 bits per heavy atom. The summed E-state index contributed by atoms with van der Waals surface area (Å²) >= 11 is 0. The van der Waals surface area contributed by atoms with Crippen molar-refractivity contribution >= 4 is 5.82 Å². The molecule has 2 aromatic rings. The Labute approximate surface area is 81.6 Å². The van der Waals surface area contributed by atoms with Gasteiger partial charge in [-0.25, -0.2) is 15.8 Å². The second-order valence-electron chi connectivity index (χ2n) is 2.89. The van der Waals surface area contributed by atoms with Crippen LogP contribution < -0.4 is 11.3 Å². The van der Waals surface area contributed by atoms with Gasteiger partial charge in [-0.15, -0.1) is 0 Å². The summed E-state index contributed by atoms with van der Waals surface area (Å²) in [6.45, 7) is 0.716. The normalized spacial score (nSPS) is 10.1. The Morgan fingerprint density at radius 3 is 3.07 bits per heavy atom. The molecule has 0 amide bonds. The standard InChI is InChI=1S/C9H11N5/c10-13-9-8(2-1-3-12-9)6-14-5-4-11-7-14/h1-5,7H,6,10H2,(H,12,13). The lowest BCUT2D eigenvalue weighted by Crippen LogP contribution is -2.12. The molecular weight excluding hydrogens is 178 g/mol. The summed E-state index contributed by atoms with van der Waals surface area (Å²) in [6, 6.07) is 3.86. The van der Waals surface area contributed by atoms with Gasteiger partial charge in [0.1, 0.15) is 5.82 Å². The van der Waals surface area contributed by atoms with Crippen LogP contribution >= 0.6 is 0 Å². The fourth-order valence-corrected chi connectivity index (χ4v) is 1.27. The van der Waals surface area contributed by atoms with E-state index in [-0.39, 0.29) is 0 Å². The zero-order valence-corrected chi connectivity index (χ0v) is 7.59. The van der Waals surface area contributed by atoms with E-state index in [1.165, 1.54) is 0 Å². The van der Waals surface area contributed by atoms with Crippen LogP contribution in [0.2, 0.25) is 0 Å². The number of anilines is 1. The number of pyridine rings is 1. The van der Waals surface area contributed by atoms with Gasteiger partial charge >= 0.3 is 0 Å². The maximum Gasteiger partial charge on any atom is 0.144 e. The van der Waals surface area contributed by atoms with Gasteiger partial charge in [-0.2, -0.15) is 0 Å². The number of rotatable bonds is 3. The highest BCUT2D eigenvalue weighted by Crippen LogP contribution is 2.11. The minimum atomic E-state index is 0.696. The van der Waals surface area contributed by atoms with E-state index in [0.717, 1.165) is 5.56 Å². The van der Waals surface area contributed by atoms with E-state index in [1.807, 2.05) is 22.9 Å². The Balaban J connectivity index is 2.24. The van der Waals surface area contributed by atoms with E-state index >= 15 is 0 Å². The lowest BCUT2D eigenvalue weighted by Gasteiger charge is -2.07. The maximum atomic E-state index is 5.34. The highest BCUT2D eigenvalue weighted by atomic mass is 15.2. The van der Waals surface area contributed by atoms with Crippen molar-refractivity contribution in [1.82, 2.24) is 14.5 Å². The zero-order valence-electron chi connectivity index (χ0n) is 7.59. The summed E-state index contributed by atoms with van der Waals surface area (Å²) in [4.78, 5) is 8.07. The van der Waals surface area contributed by atoms with Crippen LogP contribution in [0.3, 0.4) is 0 Å². The topological polar surface area (TPSA) is 68.8 Å². The Hall–Kier alpha value is -1.88. The second kappa shape index (κ2) is 3.89. The summed E-state index contributed by atoms with van der Waals surface area (Å²) in [5.74, 6) is 6.04. The number of nitrogens with two attached hydrogens (primary N) is 1. The Morgan fingerprint density at radius 2 is 2.36 bits per heavy atom. The molecule has 0 bridgehead atoms. The molecule has 0 aliphatic carbocycles. The van der Waals surface area contributed by atoms with Gasteiger partial charge in [-0.3, -0.25) is 0 Å². The fourth-order valence-electron chi connectivity index (χ4n) is 1.27. The van der Waals surface area contributed by atoms with Crippen LogP contribution in [0.1, 0.15) is 5.56 Å². The summed E-state index contributed by atoms with van der Waals surface area (Å²) in [7, 11) is 0. The average Bonchev–Trinajstić information content (AvgIpc) is 2.71. The molecule has 0 aromatic carbocycles. The molecule has 0 radical (unpaired) electrons. The van der Waals surface area contributed by atoms with Crippen LogP contribution in [-0.4, -0.2) is 14.5 Å². The number of nitrogens with one attached hydrogen (secondary N) is 1. The highest BCUT2D eigenvalue weighted by molar-refractivity contribution is 5.42. The van der Waals surface area contributed by atoms with Gasteiger partial charge in [0, 0.05) is 24.2 Å². The van der Waals surface area contributed by atoms with Crippen LogP contribution in [0.25, 0.3) is 0 Å². The molecule has 2 rings (SSSR count). The molecule has 0 spiro atoms. The van der Waals surface area contributed by atoms with Crippen molar-refractivity contribution in [2.45, 2.75) is 6.54 Å². The fraction of sp³-hybridized carbons (Fsp3) is 0.111. The van der Waals surface area contributed by atoms with Crippen LogP contribution in [0, 0.1) is 0 Å². The predicted molar refractivity (Wildman–Crippen MR) is 53.4 cm³/mol. The van der Waals surface area contributed by atoms with Crippen molar-refractivity contribution in [3.63, 3.8) is 0 Å². The highest BCUT2D eigenvalue weighted by Gasteiger charge is 2.01. The summed E-state index contributed by atoms with van der Waals surface area (Å²) in [6.07, 6.45) is 7.10. The van der Waals surface area contributed by atoms with E-state index in [1.54, 1.807) is 18.7 Å². The van der Waals surface area contributed by atoms with Crippen molar-refractivity contribution < 1.29 is 0 Å². The van der Waals surface area contributed by atoms with Gasteiger partial charge in [0.05, 0.1) is 12.9 Å². The molecule has 14 heavy (non-hydrogen) atoms. The smallest absolute Gasteiger partial charge is 0.144 e. The lowest BCUT2D eigenvalue weighted by molar-refractivity contribution is 0.794. The van der Waals surface area contributed by atoms with Crippen LogP contribution in [-0.2, 0) is 6.54 Å². The largest absolute Gasteiger partial charge is 0.333 e. The number of nitrogens with zero attached hydrogens (tertiary/aromatic N) is 3. The van der Waals surface area contributed by atoms with Gasteiger partial charge in [-0.05, 0) is 6.07 Å². The summed E-state index contributed by atoms with van der Waals surface area (Å²) < 4.78 is 1.96. The average molecular weight is 189 g/mol. The second-order valence-corrected chi connectivity index (χ2v) is 2.89. The summed E-state index contributed by atoms with van der Waals surface area (Å²) in [5, 5.41) is 0. The molecule has 0 saturated heterocycles. The van der Waals surface area contributed by atoms with E-state index in [0.29, 0.717) is 12.4 Å². The van der Waals surface area contributed by atoms with E-state index in [2.05, 4.69) is 15.4 Å². The zero-order chi connectivity index (χ0) is 9.80. The first kappa shape index (κ1) is 8.71. The van der Waals surface area contributed by atoms with Crippen LogP contribution in [0.15, 0.2) is 37.1 Å². The summed E-state index contributed by atoms with van der Waals surface area (Å²) in [5.41, 5.74) is 3.60. The van der Waals surface area contributed by atoms with Crippen molar-refractivity contribution in [2.75, 3.05) is 5.43 Å². The Bertz CT molecular complexity index is 395. The molecule has 0 aliphatic heterocycles. The van der Waals surface area contributed by atoms with Crippen molar-refractivity contribution in [3.8, 4) is 0 Å². The molecule has 0 atom stereocenters. The number of nitrogen functional groups attached to an aromatic ring is 1. The molecule has 5 heteroatoms. The van der Waals surface area contributed by atoms with Gasteiger partial charge < -0.3 is 9.99 Å². The van der Waals surface area contributed by atoms with E-state index in [9.17, 15) is 0 Å². The SMILES string of the molecule is NNc1ncccc1Cn1ccnc1. The number of hydrogen-bond donors (Lipinski definition) is 2. The molecule has 72 valence electrons.